The highest BCUT2D eigenvalue weighted by molar-refractivity contribution is 5.81. The maximum atomic E-state index is 10.8. The summed E-state index contributed by atoms with van der Waals surface area (Å²) in [7, 11) is 0. The molecular weight excluding hydrogens is 212 g/mol. The Balaban J connectivity index is 2.27. The first kappa shape index (κ1) is 11.9. The largest absolute Gasteiger partial charge is 0.478 e. The highest BCUT2D eigenvalue weighted by atomic mass is 16.4. The molecule has 1 aromatic carbocycles. The highest BCUT2D eigenvalue weighted by Gasteiger charge is 2.21. The summed E-state index contributed by atoms with van der Waals surface area (Å²) in [6, 6.07) is 8.45. The molecule has 0 amide bonds. The number of aryl methyl sites for hydroxylation is 1. The number of hydrogen-bond acceptors (Lipinski definition) is 1. The first-order valence-electron chi connectivity index (χ1n) is 6.17. The molecule has 0 aromatic heterocycles. The summed E-state index contributed by atoms with van der Waals surface area (Å²) in [4.78, 5) is 10.8. The molecule has 17 heavy (non-hydrogen) atoms. The van der Waals surface area contributed by atoms with E-state index in [1.807, 2.05) is 0 Å². The van der Waals surface area contributed by atoms with Gasteiger partial charge in [0.2, 0.25) is 0 Å². The average molecular weight is 230 g/mol. The fraction of sp³-hybridized carbons (Fsp3) is 0.400. The van der Waals surface area contributed by atoms with Crippen LogP contribution in [0.5, 0.6) is 0 Å². The highest BCUT2D eigenvalue weighted by Crippen LogP contribution is 2.37. The molecule has 0 saturated heterocycles. The normalized spacial score (nSPS) is 22.6. The molecule has 1 N–H and O–H groups in total. The molecule has 90 valence electrons. The summed E-state index contributed by atoms with van der Waals surface area (Å²) in [6.07, 6.45) is 5.70. The number of benzene rings is 1. The van der Waals surface area contributed by atoms with Crippen molar-refractivity contribution in [1.29, 1.82) is 0 Å². The predicted molar refractivity (Wildman–Crippen MR) is 68.1 cm³/mol. The zero-order valence-electron chi connectivity index (χ0n) is 10.1. The number of carboxylic acids is 1. The van der Waals surface area contributed by atoms with E-state index in [0.717, 1.165) is 24.8 Å². The molecule has 0 heterocycles. The van der Waals surface area contributed by atoms with Crippen LogP contribution in [0.25, 0.3) is 0 Å². The van der Waals surface area contributed by atoms with E-state index in [9.17, 15) is 4.79 Å². The van der Waals surface area contributed by atoms with Crippen LogP contribution in [0.4, 0.5) is 0 Å². The zero-order valence-corrected chi connectivity index (χ0v) is 10.1. The van der Waals surface area contributed by atoms with E-state index in [2.05, 4.69) is 31.2 Å². The molecule has 0 bridgehead atoms. The van der Waals surface area contributed by atoms with Crippen LogP contribution in [0.2, 0.25) is 0 Å². The lowest BCUT2D eigenvalue weighted by Gasteiger charge is -2.25. The number of aliphatic carboxylic acids is 1. The summed E-state index contributed by atoms with van der Waals surface area (Å²) in [5.74, 6) is -0.514. The monoisotopic (exact) mass is 230 g/mol. The lowest BCUT2D eigenvalue weighted by Crippen LogP contribution is -2.10. The molecule has 1 unspecified atom stereocenters. The van der Waals surface area contributed by atoms with E-state index in [-0.39, 0.29) is 0 Å². The van der Waals surface area contributed by atoms with Crippen LogP contribution < -0.4 is 0 Å². The van der Waals surface area contributed by atoms with Gasteiger partial charge in [0.05, 0.1) is 0 Å². The quantitative estimate of drug-likeness (QED) is 0.787. The Bertz CT molecular complexity index is 429. The Hall–Kier alpha value is -1.57. The van der Waals surface area contributed by atoms with Crippen molar-refractivity contribution >= 4 is 5.97 Å². The van der Waals surface area contributed by atoms with Gasteiger partial charge in [-0.3, -0.25) is 0 Å². The van der Waals surface area contributed by atoms with Gasteiger partial charge in [0.15, 0.2) is 0 Å². The molecule has 0 spiro atoms. The molecule has 1 fully saturated rings. The number of carbonyl (C=O) groups is 1. The van der Waals surface area contributed by atoms with Gasteiger partial charge in [0.25, 0.3) is 0 Å². The molecule has 1 saturated carbocycles. The van der Waals surface area contributed by atoms with Crippen LogP contribution >= 0.6 is 0 Å². The zero-order chi connectivity index (χ0) is 12.3. The third kappa shape index (κ3) is 2.96. The Morgan fingerprint density at radius 1 is 1.29 bits per heavy atom. The van der Waals surface area contributed by atoms with Crippen LogP contribution in [0, 0.1) is 6.92 Å². The van der Waals surface area contributed by atoms with Crippen molar-refractivity contribution in [3.63, 3.8) is 0 Å². The Kier molecular flexibility index (Phi) is 3.62. The van der Waals surface area contributed by atoms with Gasteiger partial charge in [-0.2, -0.15) is 0 Å². The van der Waals surface area contributed by atoms with Crippen molar-refractivity contribution in [2.45, 2.75) is 38.5 Å². The molecule has 0 aliphatic heterocycles. The molecular formula is C15H18O2. The van der Waals surface area contributed by atoms with Crippen LogP contribution in [-0.2, 0) is 4.79 Å². The molecule has 1 aromatic rings. The van der Waals surface area contributed by atoms with Crippen molar-refractivity contribution in [3.05, 3.63) is 47.0 Å². The van der Waals surface area contributed by atoms with Gasteiger partial charge in [0.1, 0.15) is 0 Å². The van der Waals surface area contributed by atoms with Crippen molar-refractivity contribution in [2.75, 3.05) is 0 Å². The maximum absolute atomic E-state index is 10.8. The number of allylic oxidation sites excluding steroid dienone is 1. The Morgan fingerprint density at radius 2 is 2.00 bits per heavy atom. The fourth-order valence-corrected chi connectivity index (χ4v) is 2.55. The summed E-state index contributed by atoms with van der Waals surface area (Å²) >= 11 is 0. The van der Waals surface area contributed by atoms with Crippen LogP contribution in [0.3, 0.4) is 0 Å². The van der Waals surface area contributed by atoms with E-state index in [4.69, 9.17) is 5.11 Å². The topological polar surface area (TPSA) is 37.3 Å². The van der Waals surface area contributed by atoms with Crippen molar-refractivity contribution in [1.82, 2.24) is 0 Å². The van der Waals surface area contributed by atoms with E-state index in [1.54, 1.807) is 0 Å². The van der Waals surface area contributed by atoms with Gasteiger partial charge < -0.3 is 5.11 Å². The molecule has 1 aliphatic carbocycles. The minimum atomic E-state index is -0.820. The SMILES string of the molecule is Cc1ccc(C2CCCC/C2=C\C(=O)O)cc1. The Morgan fingerprint density at radius 3 is 2.65 bits per heavy atom. The van der Waals surface area contributed by atoms with Gasteiger partial charge in [-0.1, -0.05) is 41.8 Å². The molecule has 2 nitrogen and oxygen atoms in total. The summed E-state index contributed by atoms with van der Waals surface area (Å²) in [6.45, 7) is 2.07. The van der Waals surface area contributed by atoms with Crippen LogP contribution in [0.15, 0.2) is 35.9 Å². The van der Waals surface area contributed by atoms with Crippen LogP contribution in [0.1, 0.15) is 42.7 Å². The molecule has 2 rings (SSSR count). The van der Waals surface area contributed by atoms with E-state index in [0.29, 0.717) is 5.92 Å². The second kappa shape index (κ2) is 5.17. The maximum Gasteiger partial charge on any atom is 0.328 e. The van der Waals surface area contributed by atoms with E-state index >= 15 is 0 Å². The van der Waals surface area contributed by atoms with Gasteiger partial charge in [0, 0.05) is 12.0 Å². The fourth-order valence-electron chi connectivity index (χ4n) is 2.55. The van der Waals surface area contributed by atoms with Gasteiger partial charge >= 0.3 is 5.97 Å². The number of carboxylic acid groups (broad SMARTS) is 1. The number of rotatable bonds is 2. The first-order chi connectivity index (χ1) is 8.16. The average Bonchev–Trinajstić information content (AvgIpc) is 2.30. The lowest BCUT2D eigenvalue weighted by atomic mass is 9.79. The van der Waals surface area contributed by atoms with Gasteiger partial charge in [-0.15, -0.1) is 0 Å². The van der Waals surface area contributed by atoms with Crippen molar-refractivity contribution < 1.29 is 9.90 Å². The number of hydrogen-bond donors (Lipinski definition) is 1. The second-order valence-electron chi connectivity index (χ2n) is 4.77. The second-order valence-corrected chi connectivity index (χ2v) is 4.77. The van der Waals surface area contributed by atoms with E-state index < -0.39 is 5.97 Å². The lowest BCUT2D eigenvalue weighted by molar-refractivity contribution is -0.131. The third-order valence-corrected chi connectivity index (χ3v) is 3.44. The van der Waals surface area contributed by atoms with Gasteiger partial charge in [-0.25, -0.2) is 4.79 Å². The minimum Gasteiger partial charge on any atom is -0.478 e. The standard InChI is InChI=1S/C15H18O2/c1-11-6-8-12(9-7-11)14-5-3-2-4-13(14)10-15(16)17/h6-10,14H,2-5H2,1H3,(H,16,17)/b13-10+. The Labute approximate surface area is 102 Å². The smallest absolute Gasteiger partial charge is 0.328 e. The summed E-state index contributed by atoms with van der Waals surface area (Å²) in [5.41, 5.74) is 3.57. The summed E-state index contributed by atoms with van der Waals surface area (Å²) < 4.78 is 0. The third-order valence-electron chi connectivity index (χ3n) is 3.44. The molecule has 2 heteroatoms. The predicted octanol–water partition coefficient (Wildman–Crippen LogP) is 3.66. The molecule has 0 radical (unpaired) electrons. The molecule has 1 atom stereocenters. The minimum absolute atomic E-state index is 0.306. The summed E-state index contributed by atoms with van der Waals surface area (Å²) in [5, 5.41) is 8.90. The van der Waals surface area contributed by atoms with E-state index in [1.165, 1.54) is 23.6 Å². The molecule has 1 aliphatic rings. The van der Waals surface area contributed by atoms with Gasteiger partial charge in [-0.05, 0) is 31.7 Å². The van der Waals surface area contributed by atoms with Crippen molar-refractivity contribution in [2.24, 2.45) is 0 Å². The van der Waals surface area contributed by atoms with Crippen LogP contribution in [-0.4, -0.2) is 11.1 Å². The van der Waals surface area contributed by atoms with Crippen molar-refractivity contribution in [3.8, 4) is 0 Å². The first-order valence-corrected chi connectivity index (χ1v) is 6.17.